The van der Waals surface area contributed by atoms with Gasteiger partial charge >= 0.3 is 0 Å². The number of amides is 1. The van der Waals surface area contributed by atoms with Crippen LogP contribution in [0, 0.1) is 0 Å². The summed E-state index contributed by atoms with van der Waals surface area (Å²) >= 11 is 1.57. The van der Waals surface area contributed by atoms with Gasteiger partial charge in [0.25, 0.3) is 0 Å². The quantitative estimate of drug-likeness (QED) is 0.799. The van der Waals surface area contributed by atoms with E-state index in [1.165, 1.54) is 0 Å². The molecule has 6 nitrogen and oxygen atoms in total. The van der Waals surface area contributed by atoms with Crippen LogP contribution in [0.4, 0.5) is 0 Å². The Morgan fingerprint density at radius 2 is 1.92 bits per heavy atom. The highest BCUT2D eigenvalue weighted by molar-refractivity contribution is 8.00. The number of rotatable bonds is 6. The highest BCUT2D eigenvalue weighted by atomic mass is 32.2. The molecule has 0 radical (unpaired) electrons. The molecule has 7 heteroatoms. The zero-order valence-corrected chi connectivity index (χ0v) is 14.6. The Bertz CT molecular complexity index is 691. The Labute approximate surface area is 144 Å². The Balaban J connectivity index is 1.95. The number of methoxy groups -OCH3 is 3. The Hall–Kier alpha value is -2.28. The van der Waals surface area contributed by atoms with Crippen LogP contribution < -0.4 is 14.2 Å². The van der Waals surface area contributed by atoms with Crippen LogP contribution in [-0.2, 0) is 11.3 Å². The normalized spacial score (nSPS) is 17.2. The van der Waals surface area contributed by atoms with Crippen molar-refractivity contribution in [1.82, 2.24) is 4.90 Å². The van der Waals surface area contributed by atoms with E-state index in [9.17, 15) is 4.79 Å². The summed E-state index contributed by atoms with van der Waals surface area (Å²) in [6.07, 6.45) is 1.61. The topological polar surface area (TPSA) is 61.1 Å². The maximum absolute atomic E-state index is 12.3. The van der Waals surface area contributed by atoms with Crippen LogP contribution in [0.5, 0.6) is 17.2 Å². The van der Waals surface area contributed by atoms with E-state index in [1.807, 2.05) is 24.3 Å². The maximum atomic E-state index is 12.3. The van der Waals surface area contributed by atoms with Crippen LogP contribution in [0.25, 0.3) is 0 Å². The molecule has 1 aromatic carbocycles. The van der Waals surface area contributed by atoms with E-state index in [-0.39, 0.29) is 11.3 Å². The molecule has 1 unspecified atom stereocenters. The molecule has 0 spiro atoms. The fraction of sp³-hybridized carbons (Fsp3) is 0.353. The van der Waals surface area contributed by atoms with Gasteiger partial charge in [-0.1, -0.05) is 0 Å². The molecule has 1 aliphatic heterocycles. The minimum Gasteiger partial charge on any atom is -0.493 e. The van der Waals surface area contributed by atoms with Gasteiger partial charge in [-0.3, -0.25) is 4.79 Å². The molecule has 1 amide bonds. The van der Waals surface area contributed by atoms with E-state index >= 15 is 0 Å². The molecular weight excluding hydrogens is 330 g/mol. The second-order valence-corrected chi connectivity index (χ2v) is 6.29. The molecule has 0 N–H and O–H groups in total. The first kappa shape index (κ1) is 16.6. The predicted octanol–water partition coefficient (Wildman–Crippen LogP) is 3.08. The van der Waals surface area contributed by atoms with Crippen molar-refractivity contribution in [3.63, 3.8) is 0 Å². The number of benzene rings is 1. The van der Waals surface area contributed by atoms with Gasteiger partial charge in [0.2, 0.25) is 11.7 Å². The van der Waals surface area contributed by atoms with Gasteiger partial charge in [-0.05, 0) is 29.8 Å². The summed E-state index contributed by atoms with van der Waals surface area (Å²) in [7, 11) is 4.72. The minimum atomic E-state index is -0.128. The third kappa shape index (κ3) is 3.03. The molecular formula is C17H19NO5S. The van der Waals surface area contributed by atoms with Gasteiger partial charge in [0.05, 0.1) is 39.9 Å². The molecule has 1 saturated heterocycles. The molecule has 0 saturated carbocycles. The number of furan rings is 1. The van der Waals surface area contributed by atoms with Gasteiger partial charge in [-0.2, -0.15) is 0 Å². The first-order valence-electron chi connectivity index (χ1n) is 7.41. The predicted molar refractivity (Wildman–Crippen MR) is 90.6 cm³/mol. The number of carbonyl (C=O) groups is 1. The number of nitrogens with zero attached hydrogens (tertiary/aromatic N) is 1. The molecule has 0 bridgehead atoms. The Morgan fingerprint density at radius 3 is 2.46 bits per heavy atom. The molecule has 2 heterocycles. The van der Waals surface area contributed by atoms with Crippen LogP contribution in [0.1, 0.15) is 16.7 Å². The molecule has 1 fully saturated rings. The van der Waals surface area contributed by atoms with E-state index in [0.717, 1.165) is 11.3 Å². The summed E-state index contributed by atoms with van der Waals surface area (Å²) < 4.78 is 21.6. The summed E-state index contributed by atoms with van der Waals surface area (Å²) in [6, 6.07) is 7.44. The van der Waals surface area contributed by atoms with Gasteiger partial charge in [-0.15, -0.1) is 11.8 Å². The number of hydrogen-bond acceptors (Lipinski definition) is 6. The lowest BCUT2D eigenvalue weighted by Crippen LogP contribution is -2.27. The fourth-order valence-electron chi connectivity index (χ4n) is 2.72. The molecule has 128 valence electrons. The third-order valence-electron chi connectivity index (χ3n) is 3.85. The van der Waals surface area contributed by atoms with Crippen molar-refractivity contribution in [2.45, 2.75) is 11.9 Å². The van der Waals surface area contributed by atoms with Crippen molar-refractivity contribution in [1.29, 1.82) is 0 Å². The van der Waals surface area contributed by atoms with Crippen molar-refractivity contribution in [2.75, 3.05) is 27.1 Å². The highest BCUT2D eigenvalue weighted by Crippen LogP contribution is 2.46. The van der Waals surface area contributed by atoms with Crippen LogP contribution in [-0.4, -0.2) is 37.9 Å². The lowest BCUT2D eigenvalue weighted by atomic mass is 10.1. The van der Waals surface area contributed by atoms with Gasteiger partial charge in [0, 0.05) is 0 Å². The van der Waals surface area contributed by atoms with E-state index in [2.05, 4.69) is 0 Å². The molecule has 3 rings (SSSR count). The molecule has 1 atom stereocenters. The number of ether oxygens (including phenoxy) is 3. The van der Waals surface area contributed by atoms with Gasteiger partial charge in [0.1, 0.15) is 11.1 Å². The SMILES string of the molecule is COc1cc(C2SCC(=O)N2Cc2ccco2)cc(OC)c1OC. The lowest BCUT2D eigenvalue weighted by molar-refractivity contribution is -0.128. The van der Waals surface area contributed by atoms with Crippen molar-refractivity contribution in [2.24, 2.45) is 0 Å². The van der Waals surface area contributed by atoms with Crippen molar-refractivity contribution in [3.8, 4) is 17.2 Å². The van der Waals surface area contributed by atoms with Crippen molar-refractivity contribution < 1.29 is 23.4 Å². The third-order valence-corrected chi connectivity index (χ3v) is 5.10. The standard InChI is InChI=1S/C17H19NO5S/c1-20-13-7-11(8-14(21-2)16(13)22-3)17-18(15(19)10-24-17)9-12-5-4-6-23-12/h4-8,17H,9-10H2,1-3H3. The largest absolute Gasteiger partial charge is 0.493 e. The number of carbonyl (C=O) groups excluding carboxylic acids is 1. The zero-order valence-electron chi connectivity index (χ0n) is 13.8. The first-order chi connectivity index (χ1) is 11.7. The van der Waals surface area contributed by atoms with Gasteiger partial charge < -0.3 is 23.5 Å². The average molecular weight is 349 g/mol. The van der Waals surface area contributed by atoms with Crippen LogP contribution >= 0.6 is 11.8 Å². The van der Waals surface area contributed by atoms with E-state index in [0.29, 0.717) is 29.5 Å². The lowest BCUT2D eigenvalue weighted by Gasteiger charge is -2.24. The van der Waals surface area contributed by atoms with Crippen LogP contribution in [0.2, 0.25) is 0 Å². The van der Waals surface area contributed by atoms with Crippen molar-refractivity contribution in [3.05, 3.63) is 41.9 Å². The van der Waals surface area contributed by atoms with Crippen LogP contribution in [0.3, 0.4) is 0 Å². The molecule has 2 aromatic rings. The van der Waals surface area contributed by atoms with Crippen molar-refractivity contribution >= 4 is 17.7 Å². The van der Waals surface area contributed by atoms with Gasteiger partial charge in [0.15, 0.2) is 11.5 Å². The molecule has 24 heavy (non-hydrogen) atoms. The summed E-state index contributed by atoms with van der Waals surface area (Å²) in [4.78, 5) is 14.1. The van der Waals surface area contributed by atoms with E-state index in [1.54, 1.807) is 44.3 Å². The maximum Gasteiger partial charge on any atom is 0.234 e. The number of hydrogen-bond donors (Lipinski definition) is 0. The zero-order chi connectivity index (χ0) is 17.1. The van der Waals surface area contributed by atoms with E-state index in [4.69, 9.17) is 18.6 Å². The smallest absolute Gasteiger partial charge is 0.234 e. The Kier molecular flexibility index (Phi) is 4.89. The molecule has 1 aliphatic rings. The Morgan fingerprint density at radius 1 is 1.21 bits per heavy atom. The summed E-state index contributed by atoms with van der Waals surface area (Å²) in [5.74, 6) is 2.95. The van der Waals surface area contributed by atoms with Gasteiger partial charge in [-0.25, -0.2) is 0 Å². The molecule has 0 aliphatic carbocycles. The minimum absolute atomic E-state index is 0.0788. The monoisotopic (exact) mass is 349 g/mol. The fourth-order valence-corrected chi connectivity index (χ4v) is 3.88. The van der Waals surface area contributed by atoms with E-state index < -0.39 is 0 Å². The van der Waals surface area contributed by atoms with Crippen LogP contribution in [0.15, 0.2) is 34.9 Å². The summed E-state index contributed by atoms with van der Waals surface area (Å²) in [5.41, 5.74) is 0.923. The summed E-state index contributed by atoms with van der Waals surface area (Å²) in [6.45, 7) is 0.431. The summed E-state index contributed by atoms with van der Waals surface area (Å²) in [5, 5.41) is -0.128. The molecule has 1 aromatic heterocycles. The second-order valence-electron chi connectivity index (χ2n) is 5.22. The second kappa shape index (κ2) is 7.09. The number of thioether (sulfide) groups is 1. The highest BCUT2D eigenvalue weighted by Gasteiger charge is 2.34. The average Bonchev–Trinajstić information content (AvgIpc) is 3.24. The first-order valence-corrected chi connectivity index (χ1v) is 8.46.